The summed E-state index contributed by atoms with van der Waals surface area (Å²) in [6, 6.07) is 7.73. The van der Waals surface area contributed by atoms with Gasteiger partial charge in [-0.25, -0.2) is 4.98 Å². The zero-order chi connectivity index (χ0) is 22.2. The summed E-state index contributed by atoms with van der Waals surface area (Å²) in [5.74, 6) is 0.878. The Morgan fingerprint density at radius 3 is 2.97 bits per heavy atom. The Labute approximate surface area is 194 Å². The van der Waals surface area contributed by atoms with Gasteiger partial charge in [-0.3, -0.25) is 19.1 Å². The lowest BCUT2D eigenvalue weighted by Gasteiger charge is -2.25. The van der Waals surface area contributed by atoms with Crippen LogP contribution in [0.1, 0.15) is 30.2 Å². The topological polar surface area (TPSA) is 76.5 Å². The number of amides is 1. The summed E-state index contributed by atoms with van der Waals surface area (Å²) in [5, 5.41) is 4.26. The molecule has 1 amide bonds. The van der Waals surface area contributed by atoms with Crippen LogP contribution in [0.25, 0.3) is 15.9 Å². The smallest absolute Gasteiger partial charge is 0.267 e. The van der Waals surface area contributed by atoms with Crippen LogP contribution >= 0.6 is 23.1 Å². The number of benzene rings is 1. The van der Waals surface area contributed by atoms with E-state index in [0.29, 0.717) is 22.6 Å². The fraction of sp³-hybridized carbons (Fsp3) is 0.435. The highest BCUT2D eigenvalue weighted by molar-refractivity contribution is 7.99. The van der Waals surface area contributed by atoms with Crippen LogP contribution in [0.3, 0.4) is 0 Å². The van der Waals surface area contributed by atoms with Crippen molar-refractivity contribution in [1.29, 1.82) is 0 Å². The molecule has 0 unspecified atom stereocenters. The summed E-state index contributed by atoms with van der Waals surface area (Å²) in [4.78, 5) is 35.4. The van der Waals surface area contributed by atoms with Gasteiger partial charge in [-0.15, -0.1) is 11.3 Å². The van der Waals surface area contributed by atoms with Crippen LogP contribution < -0.4 is 15.6 Å². The molecule has 0 radical (unpaired) electrons. The molecule has 1 aromatic carbocycles. The number of fused-ring (bicyclic) bond motifs is 3. The first kappa shape index (κ1) is 21.5. The lowest BCUT2D eigenvalue weighted by Crippen LogP contribution is -2.30. The Morgan fingerprint density at radius 2 is 2.22 bits per heavy atom. The van der Waals surface area contributed by atoms with Gasteiger partial charge in [-0.1, -0.05) is 24.8 Å². The van der Waals surface area contributed by atoms with E-state index in [2.05, 4.69) is 17.1 Å². The second kappa shape index (κ2) is 8.88. The van der Waals surface area contributed by atoms with Gasteiger partial charge in [0.05, 0.1) is 23.9 Å². The number of rotatable bonds is 7. The minimum atomic E-state index is -0.0733. The lowest BCUT2D eigenvalue weighted by atomic mass is 10.1. The van der Waals surface area contributed by atoms with Crippen molar-refractivity contribution in [2.24, 2.45) is 0 Å². The van der Waals surface area contributed by atoms with Crippen molar-refractivity contribution >= 4 is 39.2 Å². The minimum absolute atomic E-state index is 0.0203. The number of nitrogens with one attached hydrogen (secondary N) is 1. The van der Waals surface area contributed by atoms with Gasteiger partial charge in [0.1, 0.15) is 10.6 Å². The zero-order valence-electron chi connectivity index (χ0n) is 18.2. The first-order valence-corrected chi connectivity index (χ1v) is 12.7. The molecule has 1 saturated carbocycles. The molecule has 0 spiro atoms. The van der Waals surface area contributed by atoms with Gasteiger partial charge < -0.3 is 10.1 Å². The molecule has 3 aromatic rings. The predicted octanol–water partition coefficient (Wildman–Crippen LogP) is 3.20. The van der Waals surface area contributed by atoms with Gasteiger partial charge in [-0.2, -0.15) is 0 Å². The second-order valence-corrected chi connectivity index (χ2v) is 10.2. The van der Waals surface area contributed by atoms with Crippen LogP contribution in [0.4, 0.5) is 0 Å². The highest BCUT2D eigenvalue weighted by atomic mass is 32.2. The van der Waals surface area contributed by atoms with Crippen molar-refractivity contribution in [3.63, 3.8) is 0 Å². The number of hydrogen-bond donors (Lipinski definition) is 1. The third-order valence-electron chi connectivity index (χ3n) is 5.96. The summed E-state index contributed by atoms with van der Waals surface area (Å²) >= 11 is 2.92. The largest absolute Gasteiger partial charge is 0.497 e. The number of nitrogens with zero attached hydrogens (tertiary/aromatic N) is 3. The normalized spacial score (nSPS) is 16.2. The summed E-state index contributed by atoms with van der Waals surface area (Å²) in [6.45, 7) is 4.96. The maximum absolute atomic E-state index is 13.8. The third-order valence-corrected chi connectivity index (χ3v) is 8.01. The molecule has 1 aliphatic heterocycles. The van der Waals surface area contributed by atoms with Gasteiger partial charge in [0, 0.05) is 30.1 Å². The molecule has 168 valence electrons. The van der Waals surface area contributed by atoms with Crippen LogP contribution in [0.5, 0.6) is 5.75 Å². The molecule has 1 fully saturated rings. The summed E-state index contributed by atoms with van der Waals surface area (Å²) < 4.78 is 7.02. The van der Waals surface area contributed by atoms with E-state index in [9.17, 15) is 9.59 Å². The first-order chi connectivity index (χ1) is 15.6. The number of methoxy groups -OCH3 is 1. The van der Waals surface area contributed by atoms with Gasteiger partial charge in [-0.05, 0) is 43.5 Å². The quantitative estimate of drug-likeness (QED) is 0.422. The molecule has 0 saturated heterocycles. The maximum atomic E-state index is 13.8. The fourth-order valence-electron chi connectivity index (χ4n) is 4.05. The van der Waals surface area contributed by atoms with Crippen LogP contribution in [0, 0.1) is 0 Å². The molecule has 1 N–H and O–H groups in total. The number of thiophene rings is 1. The summed E-state index contributed by atoms with van der Waals surface area (Å²) in [6.07, 6.45) is 2.95. The molecule has 32 heavy (non-hydrogen) atoms. The van der Waals surface area contributed by atoms with Gasteiger partial charge in [0.2, 0.25) is 5.91 Å². The first-order valence-electron chi connectivity index (χ1n) is 10.9. The molecule has 3 heterocycles. The number of hydrogen-bond acceptors (Lipinski definition) is 7. The van der Waals surface area contributed by atoms with Crippen molar-refractivity contribution in [1.82, 2.24) is 19.8 Å². The fourth-order valence-corrected chi connectivity index (χ4v) is 6.18. The van der Waals surface area contributed by atoms with Gasteiger partial charge in [0.15, 0.2) is 5.16 Å². The van der Waals surface area contributed by atoms with Crippen molar-refractivity contribution in [3.8, 4) is 11.4 Å². The van der Waals surface area contributed by atoms with Crippen molar-refractivity contribution < 1.29 is 9.53 Å². The van der Waals surface area contributed by atoms with Crippen molar-refractivity contribution in [3.05, 3.63) is 45.1 Å². The van der Waals surface area contributed by atoms with E-state index >= 15 is 0 Å². The molecule has 0 atom stereocenters. The summed E-state index contributed by atoms with van der Waals surface area (Å²) in [5.41, 5.74) is 1.75. The number of aromatic nitrogens is 2. The van der Waals surface area contributed by atoms with Crippen LogP contribution in [0.15, 0.2) is 34.2 Å². The number of likely N-dealkylation sites (N-methyl/N-ethyl adjacent to an activating group) is 1. The molecule has 9 heteroatoms. The van der Waals surface area contributed by atoms with Crippen molar-refractivity contribution in [2.75, 3.05) is 26.0 Å². The molecule has 5 rings (SSSR count). The number of carbonyl (C=O) groups excluding carboxylic acids is 1. The summed E-state index contributed by atoms with van der Waals surface area (Å²) in [7, 11) is 1.61. The Balaban J connectivity index is 1.60. The van der Waals surface area contributed by atoms with E-state index in [-0.39, 0.29) is 17.2 Å². The van der Waals surface area contributed by atoms with E-state index in [1.54, 1.807) is 23.0 Å². The molecular weight excluding hydrogens is 444 g/mol. The average molecular weight is 471 g/mol. The Kier molecular flexibility index (Phi) is 5.96. The average Bonchev–Trinajstić information content (AvgIpc) is 3.54. The van der Waals surface area contributed by atoms with Crippen LogP contribution in [-0.2, 0) is 17.8 Å². The van der Waals surface area contributed by atoms with E-state index in [4.69, 9.17) is 9.72 Å². The van der Waals surface area contributed by atoms with E-state index in [1.807, 2.05) is 24.3 Å². The highest BCUT2D eigenvalue weighted by Gasteiger charge is 2.26. The van der Waals surface area contributed by atoms with E-state index in [1.165, 1.54) is 16.6 Å². The van der Waals surface area contributed by atoms with Crippen LogP contribution in [0.2, 0.25) is 0 Å². The molecule has 7 nitrogen and oxygen atoms in total. The Hall–Kier alpha value is -2.36. The Bertz CT molecular complexity index is 1230. The standard InChI is InChI=1S/C23H26N4O3S2/c1-3-26-10-9-17-18(12-26)32-21-20(17)22(29)27(15-5-4-6-16(11-15)30-2)23(25-21)31-13-19(28)24-14-7-8-14/h4-6,11,14H,3,7-10,12-13H2,1-2H3,(H,24,28). The number of thioether (sulfide) groups is 1. The van der Waals surface area contributed by atoms with Gasteiger partial charge >= 0.3 is 0 Å². The number of carbonyl (C=O) groups is 1. The zero-order valence-corrected chi connectivity index (χ0v) is 19.9. The Morgan fingerprint density at radius 1 is 1.38 bits per heavy atom. The lowest BCUT2D eigenvalue weighted by molar-refractivity contribution is -0.118. The van der Waals surface area contributed by atoms with Gasteiger partial charge in [0.25, 0.3) is 5.56 Å². The highest BCUT2D eigenvalue weighted by Crippen LogP contribution is 2.34. The van der Waals surface area contributed by atoms with Crippen molar-refractivity contribution in [2.45, 2.75) is 43.9 Å². The molecular formula is C23H26N4O3S2. The predicted molar refractivity (Wildman–Crippen MR) is 128 cm³/mol. The SMILES string of the molecule is CCN1CCc2c(sc3nc(SCC(=O)NC4CC4)n(-c4cccc(OC)c4)c(=O)c23)C1. The molecule has 2 aromatic heterocycles. The monoisotopic (exact) mass is 470 g/mol. The number of ether oxygens (including phenoxy) is 1. The van der Waals surface area contributed by atoms with E-state index in [0.717, 1.165) is 54.7 Å². The third kappa shape index (κ3) is 4.16. The molecule has 2 aliphatic rings. The minimum Gasteiger partial charge on any atom is -0.497 e. The second-order valence-electron chi connectivity index (χ2n) is 8.17. The van der Waals surface area contributed by atoms with Crippen LogP contribution in [-0.4, -0.2) is 52.4 Å². The molecule has 1 aliphatic carbocycles. The van der Waals surface area contributed by atoms with E-state index < -0.39 is 0 Å². The molecule has 0 bridgehead atoms. The maximum Gasteiger partial charge on any atom is 0.267 e.